The monoisotopic (exact) mass is 555 g/mol. The van der Waals surface area contributed by atoms with Crippen molar-refractivity contribution in [2.24, 2.45) is 5.10 Å². The Hall–Kier alpha value is -3.47. The van der Waals surface area contributed by atoms with E-state index in [1.54, 1.807) is 34.6 Å². The fourth-order valence-corrected chi connectivity index (χ4v) is 4.14. The quantitative estimate of drug-likeness (QED) is 0.224. The maximum absolute atomic E-state index is 13.2. The zero-order valence-corrected chi connectivity index (χ0v) is 20.5. The van der Waals surface area contributed by atoms with Crippen LogP contribution in [0.5, 0.6) is 5.75 Å². The van der Waals surface area contributed by atoms with Crippen LogP contribution in [0, 0.1) is 24.3 Å². The summed E-state index contributed by atoms with van der Waals surface area (Å²) >= 11 is 2.15. The molecule has 2 aromatic carbocycles. The molecule has 4 aromatic rings. The van der Waals surface area contributed by atoms with E-state index in [-0.39, 0.29) is 18.1 Å². The summed E-state index contributed by atoms with van der Waals surface area (Å²) < 4.78 is 9.81. The van der Waals surface area contributed by atoms with Crippen LogP contribution in [0.25, 0.3) is 10.9 Å². The fourth-order valence-electron chi connectivity index (χ4n) is 3.60. The predicted molar refractivity (Wildman–Crippen MR) is 136 cm³/mol. The first-order valence-corrected chi connectivity index (χ1v) is 11.3. The molecule has 8 nitrogen and oxygen atoms in total. The number of hydrazone groups is 1. The molecule has 0 bridgehead atoms. The van der Waals surface area contributed by atoms with Crippen molar-refractivity contribution in [2.45, 2.75) is 20.8 Å². The van der Waals surface area contributed by atoms with Crippen molar-refractivity contribution in [3.63, 3.8) is 0 Å². The summed E-state index contributed by atoms with van der Waals surface area (Å²) in [6.07, 6.45) is 1.55. The first-order chi connectivity index (χ1) is 15.9. The number of nitrogens with one attached hydrogen (secondary N) is 1. The van der Waals surface area contributed by atoms with E-state index in [1.807, 2.05) is 56.3 Å². The lowest BCUT2D eigenvalue weighted by molar-refractivity contribution is -0.123. The van der Waals surface area contributed by atoms with Gasteiger partial charge in [0.25, 0.3) is 11.5 Å². The highest BCUT2D eigenvalue weighted by atomic mass is 127. The number of ether oxygens (including phenoxy) is 1. The third kappa shape index (κ3) is 4.68. The topological polar surface area (TPSA) is 90.5 Å². The van der Waals surface area contributed by atoms with Crippen LogP contribution in [0.15, 0.2) is 64.5 Å². The minimum absolute atomic E-state index is 0.145. The summed E-state index contributed by atoms with van der Waals surface area (Å²) in [5.41, 5.74) is 5.39. The Morgan fingerprint density at radius 2 is 1.85 bits per heavy atom. The van der Waals surface area contributed by atoms with Crippen molar-refractivity contribution in [1.82, 2.24) is 19.8 Å². The molecule has 0 aliphatic heterocycles. The number of aryl methyl sites for hydroxylation is 2. The number of hydrogen-bond acceptors (Lipinski definition) is 5. The number of halogens is 1. The van der Waals surface area contributed by atoms with Crippen LogP contribution in [-0.4, -0.2) is 33.1 Å². The van der Waals surface area contributed by atoms with E-state index in [1.165, 1.54) is 0 Å². The van der Waals surface area contributed by atoms with Gasteiger partial charge in [-0.25, -0.2) is 10.4 Å². The van der Waals surface area contributed by atoms with Crippen molar-refractivity contribution < 1.29 is 9.53 Å². The van der Waals surface area contributed by atoms with Crippen LogP contribution in [0.4, 0.5) is 0 Å². The number of rotatable bonds is 6. The van der Waals surface area contributed by atoms with Gasteiger partial charge in [-0.1, -0.05) is 24.3 Å². The smallest absolute Gasteiger partial charge is 0.280 e. The van der Waals surface area contributed by atoms with E-state index in [0.717, 1.165) is 20.5 Å². The zero-order chi connectivity index (χ0) is 23.5. The number of nitrogens with zero attached hydrogens (tertiary/aromatic N) is 4. The lowest BCUT2D eigenvalue weighted by atomic mass is 10.2. The second-order valence-corrected chi connectivity index (χ2v) is 8.61. The summed E-state index contributed by atoms with van der Waals surface area (Å²) in [5.74, 6) is 0.848. The molecule has 1 amide bonds. The van der Waals surface area contributed by atoms with Gasteiger partial charge in [0.2, 0.25) is 0 Å². The van der Waals surface area contributed by atoms with E-state index in [2.05, 4.69) is 38.1 Å². The van der Waals surface area contributed by atoms with Gasteiger partial charge in [-0.3, -0.25) is 14.3 Å². The summed E-state index contributed by atoms with van der Waals surface area (Å²) in [6.45, 7) is 5.44. The molecular formula is C24H22IN5O3. The van der Waals surface area contributed by atoms with Gasteiger partial charge < -0.3 is 4.74 Å². The number of aromatic nitrogens is 3. The Morgan fingerprint density at radius 3 is 2.64 bits per heavy atom. The van der Waals surface area contributed by atoms with Gasteiger partial charge in [0.15, 0.2) is 6.61 Å². The summed E-state index contributed by atoms with van der Waals surface area (Å²) in [4.78, 5) is 29.9. The van der Waals surface area contributed by atoms with Gasteiger partial charge in [-0.05, 0) is 73.7 Å². The first-order valence-electron chi connectivity index (χ1n) is 10.2. The summed E-state index contributed by atoms with van der Waals surface area (Å²) in [5, 5.41) is 4.60. The van der Waals surface area contributed by atoms with Crippen LogP contribution in [-0.2, 0) is 4.79 Å². The van der Waals surface area contributed by atoms with Crippen LogP contribution < -0.4 is 15.7 Å². The minimum atomic E-state index is -0.370. The molecule has 168 valence electrons. The van der Waals surface area contributed by atoms with Gasteiger partial charge in [0.1, 0.15) is 11.6 Å². The molecule has 0 radical (unpaired) electrons. The third-order valence-electron chi connectivity index (χ3n) is 5.14. The van der Waals surface area contributed by atoms with Gasteiger partial charge in [0, 0.05) is 17.0 Å². The maximum atomic E-state index is 13.2. The second kappa shape index (κ2) is 9.57. The number of fused-ring (bicyclic) bond motifs is 1. The lowest BCUT2D eigenvalue weighted by Crippen LogP contribution is -2.31. The largest absolute Gasteiger partial charge is 0.483 e. The maximum Gasteiger partial charge on any atom is 0.280 e. The van der Waals surface area contributed by atoms with Gasteiger partial charge in [0.05, 0.1) is 20.7 Å². The van der Waals surface area contributed by atoms with E-state index in [9.17, 15) is 9.59 Å². The Morgan fingerprint density at radius 1 is 1.12 bits per heavy atom. The average molecular weight is 555 g/mol. The summed E-state index contributed by atoms with van der Waals surface area (Å²) in [6, 6.07) is 16.6. The molecule has 1 N–H and O–H groups in total. The molecule has 33 heavy (non-hydrogen) atoms. The van der Waals surface area contributed by atoms with Crippen molar-refractivity contribution in [3.8, 4) is 5.75 Å². The molecule has 0 aliphatic rings. The predicted octanol–water partition coefficient (Wildman–Crippen LogP) is 3.57. The third-order valence-corrected chi connectivity index (χ3v) is 6.03. The van der Waals surface area contributed by atoms with Crippen LogP contribution in [0.1, 0.15) is 22.8 Å². The number of benzene rings is 2. The van der Waals surface area contributed by atoms with E-state index in [4.69, 9.17) is 4.74 Å². The van der Waals surface area contributed by atoms with Crippen LogP contribution in [0.3, 0.4) is 0 Å². The Kier molecular flexibility index (Phi) is 6.59. The molecule has 9 heteroatoms. The molecular weight excluding hydrogens is 533 g/mol. The number of carbonyl (C=O) groups excluding carboxylic acids is 1. The highest BCUT2D eigenvalue weighted by molar-refractivity contribution is 14.1. The highest BCUT2D eigenvalue weighted by Gasteiger charge is 2.15. The Labute approximate surface area is 204 Å². The molecule has 0 fully saturated rings. The molecule has 2 heterocycles. The average Bonchev–Trinajstić information content (AvgIpc) is 3.06. The number of para-hydroxylation sites is 2. The Balaban J connectivity index is 1.53. The molecule has 4 rings (SSSR count). The molecule has 0 spiro atoms. The van der Waals surface area contributed by atoms with Crippen LogP contribution in [0.2, 0.25) is 0 Å². The van der Waals surface area contributed by atoms with E-state index in [0.29, 0.717) is 22.5 Å². The minimum Gasteiger partial charge on any atom is -0.483 e. The number of hydrogen-bond donors (Lipinski definition) is 1. The van der Waals surface area contributed by atoms with Crippen molar-refractivity contribution in [1.29, 1.82) is 0 Å². The second-order valence-electron chi connectivity index (χ2n) is 7.44. The lowest BCUT2D eigenvalue weighted by Gasteiger charge is -2.16. The molecule has 0 aliphatic carbocycles. The molecule has 0 saturated carbocycles. The number of carbonyl (C=O) groups is 1. The van der Waals surface area contributed by atoms with E-state index < -0.39 is 0 Å². The molecule has 0 saturated heterocycles. The highest BCUT2D eigenvalue weighted by Crippen LogP contribution is 2.19. The Bertz CT molecular complexity index is 1440. The standard InChI is InChI=1S/C24H22IN5O3/c1-15-12-18(13-26-28-23(31)14-33-22-11-7-5-9-20(22)25)16(2)29(15)30-17(3)27-21-10-6-4-8-19(21)24(30)32/h4-13H,14H2,1-3H3,(H,28,31). The van der Waals surface area contributed by atoms with Crippen molar-refractivity contribution >= 4 is 45.6 Å². The first kappa shape index (κ1) is 22.7. The fraction of sp³-hybridized carbons (Fsp3) is 0.167. The SMILES string of the molecule is Cc1cc(C=NNC(=O)COc2ccccc2I)c(C)n1-n1c(C)nc2ccccc2c1=O. The normalized spacial score (nSPS) is 11.3. The van der Waals surface area contributed by atoms with Gasteiger partial charge >= 0.3 is 0 Å². The summed E-state index contributed by atoms with van der Waals surface area (Å²) in [7, 11) is 0. The number of amides is 1. The van der Waals surface area contributed by atoms with Crippen LogP contribution >= 0.6 is 22.6 Å². The van der Waals surface area contributed by atoms with Crippen molar-refractivity contribution in [2.75, 3.05) is 6.61 Å². The molecule has 2 aromatic heterocycles. The molecule has 0 atom stereocenters. The van der Waals surface area contributed by atoms with Gasteiger partial charge in [-0.15, -0.1) is 0 Å². The van der Waals surface area contributed by atoms with Gasteiger partial charge in [-0.2, -0.15) is 9.78 Å². The van der Waals surface area contributed by atoms with Crippen molar-refractivity contribution in [3.05, 3.63) is 91.3 Å². The van der Waals surface area contributed by atoms with E-state index >= 15 is 0 Å². The molecule has 0 unspecified atom stereocenters. The zero-order valence-electron chi connectivity index (χ0n) is 18.4.